The van der Waals surface area contributed by atoms with Gasteiger partial charge in [-0.1, -0.05) is 12.1 Å². The molecule has 15 heavy (non-hydrogen) atoms. The Kier molecular flexibility index (Phi) is 5.41. The first-order chi connectivity index (χ1) is 7.24. The Hall–Kier alpha value is -0.820. The predicted molar refractivity (Wildman–Crippen MR) is 67.9 cm³/mol. The lowest BCUT2D eigenvalue weighted by Gasteiger charge is -2.08. The number of aliphatic hydroxyl groups excluding tert-OH is 1. The van der Waals surface area contributed by atoms with Crippen LogP contribution in [-0.4, -0.2) is 24.3 Å². The number of hydrogen-bond acceptors (Lipinski definition) is 2. The zero-order valence-electron chi connectivity index (χ0n) is 8.16. The molecule has 82 valence electrons. The highest BCUT2D eigenvalue weighted by molar-refractivity contribution is 14.1. The fraction of sp³-hybridized carbons (Fsp3) is 0.300. The maximum atomic E-state index is 11.3. The van der Waals surface area contributed by atoms with Crippen molar-refractivity contribution in [1.82, 2.24) is 5.32 Å². The van der Waals surface area contributed by atoms with Crippen molar-refractivity contribution in [2.75, 3.05) is 18.5 Å². The third kappa shape index (κ3) is 4.48. The summed E-state index contributed by atoms with van der Waals surface area (Å²) in [6.07, 6.45) is 0.569. The summed E-state index contributed by atoms with van der Waals surface area (Å²) in [4.78, 5) is 11.3. The molecule has 0 spiro atoms. The molecule has 0 saturated carbocycles. The van der Waals surface area contributed by atoms with E-state index in [0.29, 0.717) is 13.0 Å². The molecule has 0 aliphatic heterocycles. The Morgan fingerprint density at radius 2 is 2.13 bits per heavy atom. The smallest absolute Gasteiger partial charge is 0.319 e. The molecule has 3 N–H and O–H groups in total. The first kappa shape index (κ1) is 12.3. The number of nitrogens with one attached hydrogen (secondary N) is 2. The van der Waals surface area contributed by atoms with Gasteiger partial charge in [-0.15, -0.1) is 0 Å². The number of benzene rings is 1. The molecule has 0 radical (unpaired) electrons. The van der Waals surface area contributed by atoms with Crippen LogP contribution in [0.15, 0.2) is 24.3 Å². The molecule has 5 heteroatoms. The van der Waals surface area contributed by atoms with Crippen LogP contribution < -0.4 is 10.6 Å². The van der Waals surface area contributed by atoms with Gasteiger partial charge in [0.05, 0.1) is 5.69 Å². The molecule has 4 nitrogen and oxygen atoms in total. The zero-order valence-corrected chi connectivity index (χ0v) is 10.3. The summed E-state index contributed by atoms with van der Waals surface area (Å²) in [5.41, 5.74) is 0.791. The summed E-state index contributed by atoms with van der Waals surface area (Å²) in [7, 11) is 0. The molecule has 0 saturated heterocycles. The molecule has 1 rings (SSSR count). The van der Waals surface area contributed by atoms with Gasteiger partial charge in [0.1, 0.15) is 0 Å². The molecule has 1 aromatic rings. The lowest BCUT2D eigenvalue weighted by Crippen LogP contribution is -2.30. The van der Waals surface area contributed by atoms with E-state index in [9.17, 15) is 4.79 Å². The number of hydrogen-bond donors (Lipinski definition) is 3. The second-order valence-corrected chi connectivity index (χ2v) is 4.10. The maximum absolute atomic E-state index is 11.3. The highest BCUT2D eigenvalue weighted by atomic mass is 127. The Bertz CT molecular complexity index is 331. The highest BCUT2D eigenvalue weighted by Crippen LogP contribution is 2.16. The van der Waals surface area contributed by atoms with Crippen LogP contribution in [0.2, 0.25) is 0 Å². The molecule has 2 amide bonds. The molecule has 0 aliphatic rings. The summed E-state index contributed by atoms with van der Waals surface area (Å²) in [5.74, 6) is 0. The fourth-order valence-corrected chi connectivity index (χ4v) is 1.53. The van der Waals surface area contributed by atoms with Gasteiger partial charge < -0.3 is 15.7 Å². The molecular weight excluding hydrogens is 307 g/mol. The second kappa shape index (κ2) is 6.62. The first-order valence-electron chi connectivity index (χ1n) is 4.64. The molecule has 0 bridgehead atoms. The first-order valence-corrected chi connectivity index (χ1v) is 5.72. The molecule has 0 atom stereocenters. The van der Waals surface area contributed by atoms with Crippen LogP contribution in [0.1, 0.15) is 6.42 Å². The summed E-state index contributed by atoms with van der Waals surface area (Å²) in [6.45, 7) is 0.564. The van der Waals surface area contributed by atoms with Crippen molar-refractivity contribution in [3.8, 4) is 0 Å². The number of para-hydroxylation sites is 1. The largest absolute Gasteiger partial charge is 0.396 e. The standard InChI is InChI=1S/C10H13IN2O2/c11-8-4-1-2-5-9(8)13-10(15)12-6-3-7-14/h1-2,4-5,14H,3,6-7H2,(H2,12,13,15). The molecular formula is C10H13IN2O2. The van der Waals surface area contributed by atoms with Crippen molar-refractivity contribution in [2.45, 2.75) is 6.42 Å². The monoisotopic (exact) mass is 320 g/mol. The Morgan fingerprint density at radius 1 is 1.40 bits per heavy atom. The van der Waals surface area contributed by atoms with Gasteiger partial charge in [-0.05, 0) is 41.1 Å². The Morgan fingerprint density at radius 3 is 2.80 bits per heavy atom. The summed E-state index contributed by atoms with van der Waals surface area (Å²) >= 11 is 2.16. The van der Waals surface area contributed by atoms with Crippen LogP contribution in [0.4, 0.5) is 10.5 Å². The van der Waals surface area contributed by atoms with Crippen molar-refractivity contribution in [2.24, 2.45) is 0 Å². The van der Waals surface area contributed by atoms with E-state index in [1.165, 1.54) is 0 Å². The van der Waals surface area contributed by atoms with Crippen molar-refractivity contribution in [1.29, 1.82) is 0 Å². The minimum absolute atomic E-state index is 0.0865. The van der Waals surface area contributed by atoms with Gasteiger partial charge in [-0.3, -0.25) is 0 Å². The summed E-state index contributed by atoms with van der Waals surface area (Å²) in [5, 5.41) is 13.9. The van der Waals surface area contributed by atoms with Crippen LogP contribution in [-0.2, 0) is 0 Å². The summed E-state index contributed by atoms with van der Waals surface area (Å²) in [6, 6.07) is 7.30. The third-order valence-corrected chi connectivity index (χ3v) is 2.68. The van der Waals surface area contributed by atoms with Crippen LogP contribution in [0, 0.1) is 3.57 Å². The van der Waals surface area contributed by atoms with E-state index in [-0.39, 0.29) is 12.6 Å². The van der Waals surface area contributed by atoms with Crippen molar-refractivity contribution >= 4 is 34.3 Å². The van der Waals surface area contributed by atoms with E-state index >= 15 is 0 Å². The maximum Gasteiger partial charge on any atom is 0.319 e. The van der Waals surface area contributed by atoms with E-state index < -0.39 is 0 Å². The van der Waals surface area contributed by atoms with Gasteiger partial charge in [-0.25, -0.2) is 4.79 Å². The van der Waals surface area contributed by atoms with E-state index in [1.807, 2.05) is 24.3 Å². The van der Waals surface area contributed by atoms with E-state index in [0.717, 1.165) is 9.26 Å². The quantitative estimate of drug-likeness (QED) is 0.585. The third-order valence-electron chi connectivity index (χ3n) is 1.74. The predicted octanol–water partition coefficient (Wildman–Crippen LogP) is 1.80. The van der Waals surface area contributed by atoms with Crippen LogP contribution >= 0.6 is 22.6 Å². The van der Waals surface area contributed by atoms with Crippen LogP contribution in [0.25, 0.3) is 0 Å². The average Bonchev–Trinajstić information content (AvgIpc) is 2.22. The van der Waals surface area contributed by atoms with Crippen LogP contribution in [0.3, 0.4) is 0 Å². The lowest BCUT2D eigenvalue weighted by atomic mass is 10.3. The number of urea groups is 1. The summed E-state index contributed by atoms with van der Waals surface area (Å²) < 4.78 is 0.993. The molecule has 0 aromatic heterocycles. The number of rotatable bonds is 4. The van der Waals surface area contributed by atoms with Crippen molar-refractivity contribution < 1.29 is 9.90 Å². The SMILES string of the molecule is O=C(NCCCO)Nc1ccccc1I. The molecule has 0 aliphatic carbocycles. The van der Waals surface area contributed by atoms with E-state index in [4.69, 9.17) is 5.11 Å². The van der Waals surface area contributed by atoms with E-state index in [1.54, 1.807) is 0 Å². The highest BCUT2D eigenvalue weighted by Gasteiger charge is 2.02. The minimum Gasteiger partial charge on any atom is -0.396 e. The topological polar surface area (TPSA) is 61.4 Å². The van der Waals surface area contributed by atoms with Crippen LogP contribution in [0.5, 0.6) is 0 Å². The molecule has 0 heterocycles. The Labute approximate surface area is 102 Å². The molecule has 0 unspecified atom stereocenters. The van der Waals surface area contributed by atoms with Crippen molar-refractivity contribution in [3.05, 3.63) is 27.8 Å². The normalized spacial score (nSPS) is 9.73. The van der Waals surface area contributed by atoms with Gasteiger partial charge in [0, 0.05) is 16.7 Å². The van der Waals surface area contributed by atoms with Gasteiger partial charge in [-0.2, -0.15) is 0 Å². The fourth-order valence-electron chi connectivity index (χ4n) is 1.01. The molecule has 1 aromatic carbocycles. The number of aliphatic hydroxyl groups is 1. The lowest BCUT2D eigenvalue weighted by molar-refractivity contribution is 0.249. The number of anilines is 1. The number of carbonyl (C=O) groups is 1. The second-order valence-electron chi connectivity index (χ2n) is 2.94. The zero-order chi connectivity index (χ0) is 11.1. The number of carbonyl (C=O) groups excluding carboxylic acids is 1. The van der Waals surface area contributed by atoms with Gasteiger partial charge in [0.2, 0.25) is 0 Å². The molecule has 0 fully saturated rings. The van der Waals surface area contributed by atoms with Gasteiger partial charge in [0.15, 0.2) is 0 Å². The Balaban J connectivity index is 2.41. The van der Waals surface area contributed by atoms with Gasteiger partial charge >= 0.3 is 6.03 Å². The number of amides is 2. The van der Waals surface area contributed by atoms with Crippen molar-refractivity contribution in [3.63, 3.8) is 0 Å². The van der Waals surface area contributed by atoms with Gasteiger partial charge in [0.25, 0.3) is 0 Å². The average molecular weight is 320 g/mol. The minimum atomic E-state index is -0.243. The van der Waals surface area contributed by atoms with E-state index in [2.05, 4.69) is 33.2 Å². The number of halogens is 1.